The van der Waals surface area contributed by atoms with Crippen molar-refractivity contribution in [1.29, 1.82) is 0 Å². The van der Waals surface area contributed by atoms with Crippen molar-refractivity contribution in [3.63, 3.8) is 0 Å². The molecule has 6 nitrogen and oxygen atoms in total. The average Bonchev–Trinajstić information content (AvgIpc) is 2.83. The maximum Gasteiger partial charge on any atom is 0.263 e. The molecule has 2 N–H and O–H groups in total. The third kappa shape index (κ3) is 3.31. The number of anilines is 1. The zero-order chi connectivity index (χ0) is 15.6. The molecule has 0 aliphatic carbocycles. The number of nitrogens with zero attached hydrogens (tertiary/aromatic N) is 1. The number of rotatable bonds is 5. The first-order valence-electron chi connectivity index (χ1n) is 6.00. The molecule has 2 rings (SSSR count). The number of ether oxygens (including phenoxy) is 1. The largest absolute Gasteiger partial charge is 0.497 e. The van der Waals surface area contributed by atoms with Crippen LogP contribution < -0.4 is 9.46 Å². The molecule has 0 aliphatic heterocycles. The van der Waals surface area contributed by atoms with Crippen LogP contribution in [-0.4, -0.2) is 25.2 Å². The van der Waals surface area contributed by atoms with Gasteiger partial charge >= 0.3 is 0 Å². The molecule has 21 heavy (non-hydrogen) atoms. The number of halogens is 1. The molecule has 0 radical (unpaired) electrons. The van der Waals surface area contributed by atoms with E-state index in [1.807, 2.05) is 0 Å². The van der Waals surface area contributed by atoms with E-state index in [-0.39, 0.29) is 22.2 Å². The Morgan fingerprint density at radius 3 is 2.67 bits per heavy atom. The third-order valence-electron chi connectivity index (χ3n) is 2.97. The van der Waals surface area contributed by atoms with E-state index in [4.69, 9.17) is 21.4 Å². The van der Waals surface area contributed by atoms with E-state index < -0.39 is 10.0 Å². The molecule has 0 saturated carbocycles. The number of nitrogens with one attached hydrogen (secondary N) is 1. The average molecular weight is 331 g/mol. The number of methoxy groups -OCH3 is 1. The van der Waals surface area contributed by atoms with Gasteiger partial charge in [0, 0.05) is 25.0 Å². The molecule has 114 valence electrons. The monoisotopic (exact) mass is 330 g/mol. The van der Waals surface area contributed by atoms with Crippen molar-refractivity contribution in [2.24, 2.45) is 7.05 Å². The van der Waals surface area contributed by atoms with Gasteiger partial charge in [0.25, 0.3) is 10.0 Å². The van der Waals surface area contributed by atoms with E-state index in [1.165, 1.54) is 25.4 Å². The van der Waals surface area contributed by atoms with Gasteiger partial charge in [0.05, 0.1) is 24.4 Å². The summed E-state index contributed by atoms with van der Waals surface area (Å²) in [7, 11) is -0.660. The lowest BCUT2D eigenvalue weighted by Crippen LogP contribution is -2.12. The second-order valence-corrected chi connectivity index (χ2v) is 6.48. The standard InChI is InChI=1S/C13H15ClN2O4S/c1-16-7-11(5-9(16)8-17)21(18,19)15-13-6-10(20-2)3-4-12(13)14/h3-7,15,17H,8H2,1-2H3. The lowest BCUT2D eigenvalue weighted by Gasteiger charge is -2.10. The molecule has 1 aromatic heterocycles. The van der Waals surface area contributed by atoms with Crippen molar-refractivity contribution in [2.45, 2.75) is 11.5 Å². The Hall–Kier alpha value is -1.70. The van der Waals surface area contributed by atoms with Gasteiger partial charge in [-0.3, -0.25) is 4.72 Å². The van der Waals surface area contributed by atoms with Gasteiger partial charge in [-0.15, -0.1) is 0 Å². The van der Waals surface area contributed by atoms with Gasteiger partial charge in [-0.05, 0) is 18.2 Å². The number of aryl methyl sites for hydroxylation is 1. The number of aliphatic hydroxyl groups excluding tert-OH is 1. The molecule has 0 fully saturated rings. The molecule has 0 unspecified atom stereocenters. The highest BCUT2D eigenvalue weighted by molar-refractivity contribution is 7.92. The van der Waals surface area contributed by atoms with Gasteiger partial charge in [0.2, 0.25) is 0 Å². The summed E-state index contributed by atoms with van der Waals surface area (Å²) < 4.78 is 33.6. The van der Waals surface area contributed by atoms with Gasteiger partial charge < -0.3 is 14.4 Å². The maximum absolute atomic E-state index is 12.3. The van der Waals surface area contributed by atoms with Gasteiger partial charge in [0.1, 0.15) is 10.6 Å². The summed E-state index contributed by atoms with van der Waals surface area (Å²) in [5, 5.41) is 9.39. The summed E-state index contributed by atoms with van der Waals surface area (Å²) in [6.07, 6.45) is 1.42. The molecule has 8 heteroatoms. The third-order valence-corrected chi connectivity index (χ3v) is 4.64. The van der Waals surface area contributed by atoms with Gasteiger partial charge in [-0.25, -0.2) is 8.42 Å². The van der Waals surface area contributed by atoms with E-state index in [0.29, 0.717) is 11.4 Å². The highest BCUT2D eigenvalue weighted by Crippen LogP contribution is 2.29. The molecule has 0 atom stereocenters. The quantitative estimate of drug-likeness (QED) is 0.878. The van der Waals surface area contributed by atoms with E-state index >= 15 is 0 Å². The minimum absolute atomic E-state index is 0.0490. The smallest absolute Gasteiger partial charge is 0.263 e. The fourth-order valence-corrected chi connectivity index (χ4v) is 3.18. The van der Waals surface area contributed by atoms with Crippen LogP contribution in [0.15, 0.2) is 35.4 Å². The van der Waals surface area contributed by atoms with Crippen molar-refractivity contribution in [3.8, 4) is 5.75 Å². The number of aromatic nitrogens is 1. The Labute approximate surface area is 128 Å². The molecule has 2 aromatic rings. The fourth-order valence-electron chi connectivity index (χ4n) is 1.79. The number of sulfonamides is 1. The van der Waals surface area contributed by atoms with Gasteiger partial charge in [0.15, 0.2) is 0 Å². The molecular weight excluding hydrogens is 316 g/mol. The topological polar surface area (TPSA) is 80.6 Å². The van der Waals surface area contributed by atoms with Crippen LogP contribution in [0.2, 0.25) is 5.02 Å². The minimum Gasteiger partial charge on any atom is -0.497 e. The van der Waals surface area contributed by atoms with Gasteiger partial charge in [-0.2, -0.15) is 0 Å². The zero-order valence-corrected chi connectivity index (χ0v) is 13.1. The molecule has 0 amide bonds. The summed E-state index contributed by atoms with van der Waals surface area (Å²) in [4.78, 5) is 0.0490. The Balaban J connectivity index is 2.37. The van der Waals surface area contributed by atoms with Crippen LogP contribution in [0.1, 0.15) is 5.69 Å². The normalized spacial score (nSPS) is 11.4. The van der Waals surface area contributed by atoms with E-state index in [0.717, 1.165) is 0 Å². The second kappa shape index (κ2) is 5.97. The first kappa shape index (κ1) is 15.7. The summed E-state index contributed by atoms with van der Waals surface area (Å²) >= 11 is 5.98. The highest BCUT2D eigenvalue weighted by Gasteiger charge is 2.19. The predicted octanol–water partition coefficient (Wildman–Crippen LogP) is 1.98. The van der Waals surface area contributed by atoms with Crippen molar-refractivity contribution < 1.29 is 18.3 Å². The Bertz CT molecular complexity index is 756. The second-order valence-electron chi connectivity index (χ2n) is 4.39. The number of hydrogen-bond donors (Lipinski definition) is 2. The molecule has 0 saturated heterocycles. The molecule has 0 bridgehead atoms. The highest BCUT2D eigenvalue weighted by atomic mass is 35.5. The van der Waals surface area contributed by atoms with Crippen molar-refractivity contribution >= 4 is 27.3 Å². The van der Waals surface area contributed by atoms with E-state index in [9.17, 15) is 8.42 Å². The Kier molecular flexibility index (Phi) is 4.46. The van der Waals surface area contributed by atoms with Crippen LogP contribution in [-0.2, 0) is 23.7 Å². The first-order chi connectivity index (χ1) is 9.87. The van der Waals surface area contributed by atoms with Gasteiger partial charge in [-0.1, -0.05) is 11.6 Å². The zero-order valence-electron chi connectivity index (χ0n) is 11.5. The summed E-state index contributed by atoms with van der Waals surface area (Å²) in [5.41, 5.74) is 0.720. The Morgan fingerprint density at radius 1 is 1.38 bits per heavy atom. The van der Waals surface area contributed by atoms with Crippen molar-refractivity contribution in [3.05, 3.63) is 41.2 Å². The van der Waals surface area contributed by atoms with Crippen LogP contribution >= 0.6 is 11.6 Å². The molecular formula is C13H15ClN2O4S. The molecule has 1 heterocycles. The lowest BCUT2D eigenvalue weighted by molar-refractivity contribution is 0.272. The number of benzene rings is 1. The lowest BCUT2D eigenvalue weighted by atomic mass is 10.3. The Morgan fingerprint density at radius 2 is 2.10 bits per heavy atom. The van der Waals surface area contributed by atoms with Crippen molar-refractivity contribution in [2.75, 3.05) is 11.8 Å². The number of hydrogen-bond acceptors (Lipinski definition) is 4. The summed E-state index contributed by atoms with van der Waals surface area (Å²) in [5.74, 6) is 0.487. The van der Waals surface area contributed by atoms with Crippen LogP contribution in [0.25, 0.3) is 0 Å². The van der Waals surface area contributed by atoms with Crippen LogP contribution in [0.4, 0.5) is 5.69 Å². The minimum atomic E-state index is -3.79. The summed E-state index contributed by atoms with van der Waals surface area (Å²) in [6.45, 7) is -0.244. The van der Waals surface area contributed by atoms with Crippen LogP contribution in [0, 0.1) is 0 Å². The molecule has 0 spiro atoms. The molecule has 1 aromatic carbocycles. The maximum atomic E-state index is 12.3. The van der Waals surface area contributed by atoms with Crippen molar-refractivity contribution in [1.82, 2.24) is 4.57 Å². The molecule has 0 aliphatic rings. The van der Waals surface area contributed by atoms with Crippen LogP contribution in [0.3, 0.4) is 0 Å². The number of aliphatic hydroxyl groups is 1. The predicted molar refractivity (Wildman–Crippen MR) is 80.1 cm³/mol. The van der Waals surface area contributed by atoms with E-state index in [1.54, 1.807) is 23.7 Å². The SMILES string of the molecule is COc1ccc(Cl)c(NS(=O)(=O)c2cc(CO)n(C)c2)c1. The fraction of sp³-hybridized carbons (Fsp3) is 0.231. The first-order valence-corrected chi connectivity index (χ1v) is 7.86. The van der Waals surface area contributed by atoms with E-state index in [2.05, 4.69) is 4.72 Å². The summed E-state index contributed by atoms with van der Waals surface area (Å²) in [6, 6.07) is 6.07. The van der Waals surface area contributed by atoms with Crippen LogP contribution in [0.5, 0.6) is 5.75 Å².